The van der Waals surface area contributed by atoms with Crippen molar-refractivity contribution in [2.75, 3.05) is 13.1 Å². The van der Waals surface area contributed by atoms with Gasteiger partial charge in [0.15, 0.2) is 0 Å². The number of alkyl halides is 2. The van der Waals surface area contributed by atoms with Gasteiger partial charge in [-0.05, 0) is 42.7 Å². The number of rotatable bonds is 4. The molecule has 2 aliphatic rings. The van der Waals surface area contributed by atoms with Crippen molar-refractivity contribution >= 4 is 33.6 Å². The van der Waals surface area contributed by atoms with E-state index in [4.69, 9.17) is 5.41 Å². The molecule has 0 bridgehead atoms. The van der Waals surface area contributed by atoms with Gasteiger partial charge in [-0.3, -0.25) is 20.0 Å². The highest BCUT2D eigenvalue weighted by molar-refractivity contribution is 9.10. The van der Waals surface area contributed by atoms with E-state index in [0.717, 1.165) is 34.2 Å². The number of aromatic nitrogens is 1. The molecule has 2 amide bonds. The number of carbonyl (C=O) groups is 2. The maximum absolute atomic E-state index is 13.3. The van der Waals surface area contributed by atoms with Gasteiger partial charge in [-0.1, -0.05) is 34.5 Å². The van der Waals surface area contributed by atoms with Crippen LogP contribution in [0.25, 0.3) is 0 Å². The van der Waals surface area contributed by atoms with Gasteiger partial charge in [0.1, 0.15) is 11.5 Å². The number of carbonyl (C=O) groups excluding carboxylic acids is 2. The van der Waals surface area contributed by atoms with Crippen LogP contribution in [0.15, 0.2) is 47.1 Å². The average Bonchev–Trinajstić information content (AvgIpc) is 3.08. The maximum atomic E-state index is 13.3. The molecule has 9 heteroatoms. The average molecular weight is 491 g/mol. The molecule has 162 valence electrons. The SMILES string of the molecule is N=C(NC(=O)c1ccc(C(=O)N2CCC(F)(F)C2)nc1)C1(c2ccc(Br)cc2)CCC1. The minimum Gasteiger partial charge on any atom is -0.331 e. The highest BCUT2D eigenvalue weighted by Crippen LogP contribution is 2.44. The number of nitrogens with one attached hydrogen (secondary N) is 2. The summed E-state index contributed by atoms with van der Waals surface area (Å²) >= 11 is 3.41. The van der Waals surface area contributed by atoms with E-state index in [2.05, 4.69) is 26.2 Å². The van der Waals surface area contributed by atoms with E-state index >= 15 is 0 Å². The number of hydrogen-bond acceptors (Lipinski definition) is 4. The zero-order valence-corrected chi connectivity index (χ0v) is 18.2. The number of benzene rings is 1. The fraction of sp³-hybridized carbons (Fsp3) is 0.364. The second kappa shape index (κ2) is 8.11. The van der Waals surface area contributed by atoms with E-state index in [1.54, 1.807) is 0 Å². The molecule has 4 rings (SSSR count). The number of nitrogens with zero attached hydrogens (tertiary/aromatic N) is 2. The Morgan fingerprint density at radius 2 is 1.81 bits per heavy atom. The molecule has 1 aromatic carbocycles. The lowest BCUT2D eigenvalue weighted by Gasteiger charge is -2.42. The molecule has 31 heavy (non-hydrogen) atoms. The Bertz CT molecular complexity index is 1020. The fourth-order valence-electron chi connectivity index (χ4n) is 4.01. The molecule has 1 saturated carbocycles. The molecule has 2 fully saturated rings. The van der Waals surface area contributed by atoms with Crippen molar-refractivity contribution < 1.29 is 18.4 Å². The predicted molar refractivity (Wildman–Crippen MR) is 115 cm³/mol. The summed E-state index contributed by atoms with van der Waals surface area (Å²) < 4.78 is 27.6. The number of likely N-dealkylation sites (tertiary alicyclic amines) is 1. The van der Waals surface area contributed by atoms with Crippen LogP contribution in [0.1, 0.15) is 52.1 Å². The van der Waals surface area contributed by atoms with Crippen molar-refractivity contribution in [3.8, 4) is 0 Å². The number of pyridine rings is 1. The lowest BCUT2D eigenvalue weighted by atomic mass is 9.63. The van der Waals surface area contributed by atoms with Crippen molar-refractivity contribution in [2.24, 2.45) is 0 Å². The topological polar surface area (TPSA) is 86.2 Å². The number of amides is 2. The third kappa shape index (κ3) is 4.23. The number of hydrogen-bond donors (Lipinski definition) is 2. The van der Waals surface area contributed by atoms with E-state index in [1.807, 2.05) is 24.3 Å². The summed E-state index contributed by atoms with van der Waals surface area (Å²) in [5.74, 6) is -3.82. The molecule has 6 nitrogen and oxygen atoms in total. The monoisotopic (exact) mass is 490 g/mol. The summed E-state index contributed by atoms with van der Waals surface area (Å²) in [6.07, 6.45) is 3.40. The number of amidine groups is 1. The molecule has 2 N–H and O–H groups in total. The van der Waals surface area contributed by atoms with Gasteiger partial charge in [0.2, 0.25) is 0 Å². The van der Waals surface area contributed by atoms with Gasteiger partial charge in [0, 0.05) is 23.6 Å². The summed E-state index contributed by atoms with van der Waals surface area (Å²) in [5.41, 5.74) is 0.669. The largest absolute Gasteiger partial charge is 0.331 e. The summed E-state index contributed by atoms with van der Waals surface area (Å²) in [6, 6.07) is 10.5. The molecule has 1 aliphatic heterocycles. The lowest BCUT2D eigenvalue weighted by molar-refractivity contribution is 0.0119. The van der Waals surface area contributed by atoms with Crippen molar-refractivity contribution in [1.82, 2.24) is 15.2 Å². The van der Waals surface area contributed by atoms with Gasteiger partial charge in [0.05, 0.1) is 17.5 Å². The Labute approximate surface area is 186 Å². The van der Waals surface area contributed by atoms with Gasteiger partial charge in [-0.25, -0.2) is 8.78 Å². The first-order chi connectivity index (χ1) is 14.7. The highest BCUT2D eigenvalue weighted by Gasteiger charge is 2.44. The lowest BCUT2D eigenvalue weighted by Crippen LogP contribution is -2.50. The van der Waals surface area contributed by atoms with Crippen LogP contribution in [0.4, 0.5) is 8.78 Å². The molecule has 2 heterocycles. The highest BCUT2D eigenvalue weighted by atomic mass is 79.9. The molecule has 0 spiro atoms. The van der Waals surface area contributed by atoms with E-state index < -0.39 is 29.7 Å². The first kappa shape index (κ1) is 21.5. The molecule has 0 unspecified atom stereocenters. The first-order valence-electron chi connectivity index (χ1n) is 10.00. The second-order valence-corrected chi connectivity index (χ2v) is 8.95. The quantitative estimate of drug-likeness (QED) is 0.498. The van der Waals surface area contributed by atoms with Crippen LogP contribution in [-0.2, 0) is 5.41 Å². The summed E-state index contributed by atoms with van der Waals surface area (Å²) in [6.45, 7) is -0.643. The summed E-state index contributed by atoms with van der Waals surface area (Å²) in [5, 5.41) is 11.2. The maximum Gasteiger partial charge on any atom is 0.272 e. The Kier molecular flexibility index (Phi) is 5.63. The first-order valence-corrected chi connectivity index (χ1v) is 10.8. The van der Waals surface area contributed by atoms with Crippen LogP contribution < -0.4 is 5.32 Å². The minimum absolute atomic E-state index is 0.00894. The van der Waals surface area contributed by atoms with Gasteiger partial charge in [-0.15, -0.1) is 0 Å². The zero-order valence-electron chi connectivity index (χ0n) is 16.6. The van der Waals surface area contributed by atoms with Crippen molar-refractivity contribution in [3.05, 3.63) is 63.9 Å². The molecule has 0 atom stereocenters. The third-order valence-corrected chi connectivity index (χ3v) is 6.55. The standard InChI is InChI=1S/C22H21BrF2N4O2/c23-16-5-3-15(4-6-16)21(8-1-9-21)20(26)28-18(30)14-2-7-17(27-12-14)19(31)29-11-10-22(24,25)13-29/h2-7,12H,1,8-11,13H2,(H2,26,28,30). The third-order valence-electron chi connectivity index (χ3n) is 6.02. The van der Waals surface area contributed by atoms with Crippen molar-refractivity contribution in [3.63, 3.8) is 0 Å². The van der Waals surface area contributed by atoms with Crippen LogP contribution in [0.3, 0.4) is 0 Å². The van der Waals surface area contributed by atoms with Crippen LogP contribution in [-0.4, -0.2) is 46.5 Å². The molecule has 1 aromatic heterocycles. The van der Waals surface area contributed by atoms with Gasteiger partial charge in [0.25, 0.3) is 17.7 Å². The Morgan fingerprint density at radius 1 is 1.10 bits per heavy atom. The fourth-order valence-corrected chi connectivity index (χ4v) is 4.28. The van der Waals surface area contributed by atoms with Gasteiger partial charge >= 0.3 is 0 Å². The molecule has 1 saturated heterocycles. The minimum atomic E-state index is -2.87. The molecule has 0 radical (unpaired) electrons. The second-order valence-electron chi connectivity index (χ2n) is 8.04. The Hall–Kier alpha value is -2.68. The van der Waals surface area contributed by atoms with Gasteiger partial charge < -0.3 is 10.2 Å². The molecule has 1 aliphatic carbocycles. The van der Waals surface area contributed by atoms with Crippen molar-refractivity contribution in [2.45, 2.75) is 37.0 Å². The normalized spacial score (nSPS) is 18.9. The van der Waals surface area contributed by atoms with E-state index in [1.165, 1.54) is 18.3 Å². The van der Waals surface area contributed by atoms with E-state index in [9.17, 15) is 18.4 Å². The van der Waals surface area contributed by atoms with E-state index in [0.29, 0.717) is 0 Å². The van der Waals surface area contributed by atoms with Crippen LogP contribution >= 0.6 is 15.9 Å². The van der Waals surface area contributed by atoms with Crippen molar-refractivity contribution in [1.29, 1.82) is 5.41 Å². The molecular weight excluding hydrogens is 470 g/mol. The summed E-state index contributed by atoms with van der Waals surface area (Å²) in [4.78, 5) is 30.1. The molecule has 2 aromatic rings. The number of halogens is 3. The zero-order chi connectivity index (χ0) is 22.2. The van der Waals surface area contributed by atoms with Crippen LogP contribution in [0.2, 0.25) is 0 Å². The van der Waals surface area contributed by atoms with Crippen LogP contribution in [0, 0.1) is 5.41 Å². The molecular formula is C22H21BrF2N4O2. The Morgan fingerprint density at radius 3 is 2.32 bits per heavy atom. The smallest absolute Gasteiger partial charge is 0.272 e. The van der Waals surface area contributed by atoms with Crippen LogP contribution in [0.5, 0.6) is 0 Å². The van der Waals surface area contributed by atoms with E-state index in [-0.39, 0.29) is 30.1 Å². The predicted octanol–water partition coefficient (Wildman–Crippen LogP) is 4.15. The van der Waals surface area contributed by atoms with Gasteiger partial charge in [-0.2, -0.15) is 0 Å². The Balaban J connectivity index is 1.43. The summed E-state index contributed by atoms with van der Waals surface area (Å²) in [7, 11) is 0.